The fourth-order valence-electron chi connectivity index (χ4n) is 2.30. The van der Waals surface area contributed by atoms with Gasteiger partial charge in [0.05, 0.1) is 12.6 Å². The average Bonchev–Trinajstić information content (AvgIpc) is 2.57. The minimum atomic E-state index is -0.476. The van der Waals surface area contributed by atoms with E-state index in [-0.39, 0.29) is 23.5 Å². The average molecular weight is 354 g/mol. The summed E-state index contributed by atoms with van der Waals surface area (Å²) in [5.74, 6) is -0.415. The van der Waals surface area contributed by atoms with Gasteiger partial charge in [0.25, 0.3) is 0 Å². The Hall–Kier alpha value is -1.85. The molecule has 3 atom stereocenters. The third-order valence-corrected chi connectivity index (χ3v) is 4.18. The summed E-state index contributed by atoms with van der Waals surface area (Å²) in [7, 11) is 0. The summed E-state index contributed by atoms with van der Waals surface area (Å²) in [4.78, 5) is 35.0. The molecule has 0 unspecified atom stereocenters. The number of hydrogen-bond acceptors (Lipinski definition) is 4. The molecule has 0 spiro atoms. The molecule has 2 amide bonds. The molecule has 6 nitrogen and oxygen atoms in total. The van der Waals surface area contributed by atoms with Gasteiger partial charge in [-0.15, -0.1) is 0 Å². The molecule has 0 aliphatic heterocycles. The van der Waals surface area contributed by atoms with Gasteiger partial charge in [0.1, 0.15) is 0 Å². The fraction of sp³-hybridized carbons (Fsp3) is 0.737. The number of ether oxygens (including phenoxy) is 1. The van der Waals surface area contributed by atoms with Crippen LogP contribution >= 0.6 is 0 Å². The van der Waals surface area contributed by atoms with E-state index in [1.807, 2.05) is 26.0 Å². The number of hydrogen-bond donors (Lipinski definition) is 2. The second kappa shape index (κ2) is 13.4. The van der Waals surface area contributed by atoms with E-state index >= 15 is 0 Å². The summed E-state index contributed by atoms with van der Waals surface area (Å²) < 4.78 is 5.13. The lowest BCUT2D eigenvalue weighted by atomic mass is 9.88. The van der Waals surface area contributed by atoms with Crippen LogP contribution in [0.1, 0.15) is 60.3 Å². The quantitative estimate of drug-likeness (QED) is 0.416. The zero-order valence-corrected chi connectivity index (χ0v) is 16.3. The summed E-state index contributed by atoms with van der Waals surface area (Å²) in [5.41, 5.74) is 0. The van der Waals surface area contributed by atoms with Crippen LogP contribution in [0.2, 0.25) is 0 Å². The molecule has 0 aliphatic carbocycles. The van der Waals surface area contributed by atoms with E-state index in [0.29, 0.717) is 19.6 Å². The number of alkyl carbamates (subject to hydrolysis) is 1. The van der Waals surface area contributed by atoms with Crippen LogP contribution in [0.3, 0.4) is 0 Å². The summed E-state index contributed by atoms with van der Waals surface area (Å²) in [6.45, 7) is 9.92. The van der Waals surface area contributed by atoms with Crippen LogP contribution in [0.15, 0.2) is 12.2 Å². The number of ketones is 1. The van der Waals surface area contributed by atoms with Gasteiger partial charge in [-0.2, -0.15) is 0 Å². The van der Waals surface area contributed by atoms with E-state index in [9.17, 15) is 14.4 Å². The second-order valence-electron chi connectivity index (χ2n) is 6.38. The van der Waals surface area contributed by atoms with Crippen LogP contribution in [0.25, 0.3) is 0 Å². The lowest BCUT2D eigenvalue weighted by Gasteiger charge is -2.22. The van der Waals surface area contributed by atoms with Crippen molar-refractivity contribution < 1.29 is 19.1 Å². The number of nitrogens with one attached hydrogen (secondary N) is 2. The Balaban J connectivity index is 4.30. The van der Waals surface area contributed by atoms with E-state index in [2.05, 4.69) is 17.6 Å². The SMILES string of the molecule is C/C=C/[C@@H](CCCOC(=O)NCCCC)[C@@H](C)C(=O)N[C@@H](C)C(C)=O. The molecule has 0 aromatic rings. The van der Waals surface area contributed by atoms with Crippen molar-refractivity contribution in [2.24, 2.45) is 11.8 Å². The molecule has 0 bridgehead atoms. The smallest absolute Gasteiger partial charge is 0.407 e. The third kappa shape index (κ3) is 10.6. The number of allylic oxidation sites excluding steroid dienone is 2. The zero-order chi connectivity index (χ0) is 19.2. The highest BCUT2D eigenvalue weighted by molar-refractivity contribution is 5.88. The van der Waals surface area contributed by atoms with Gasteiger partial charge in [0.15, 0.2) is 5.78 Å². The van der Waals surface area contributed by atoms with Crippen molar-refractivity contribution >= 4 is 17.8 Å². The van der Waals surface area contributed by atoms with Crippen molar-refractivity contribution in [1.82, 2.24) is 10.6 Å². The molecule has 0 rings (SSSR count). The van der Waals surface area contributed by atoms with Crippen molar-refractivity contribution in [2.45, 2.75) is 66.3 Å². The Morgan fingerprint density at radius 3 is 2.40 bits per heavy atom. The number of carbonyl (C=O) groups is 3. The minimum Gasteiger partial charge on any atom is -0.450 e. The van der Waals surface area contributed by atoms with Gasteiger partial charge in [-0.1, -0.05) is 32.4 Å². The molecule has 0 heterocycles. The van der Waals surface area contributed by atoms with Gasteiger partial charge >= 0.3 is 6.09 Å². The molecule has 0 fully saturated rings. The Bertz CT molecular complexity index is 449. The predicted octanol–water partition coefficient (Wildman–Crippen LogP) is 3.22. The van der Waals surface area contributed by atoms with Gasteiger partial charge in [-0.25, -0.2) is 4.79 Å². The normalized spacial score (nSPS) is 14.6. The highest BCUT2D eigenvalue weighted by Crippen LogP contribution is 2.20. The van der Waals surface area contributed by atoms with E-state index in [1.54, 1.807) is 6.92 Å². The first kappa shape index (κ1) is 23.1. The first-order valence-corrected chi connectivity index (χ1v) is 9.17. The van der Waals surface area contributed by atoms with Gasteiger partial charge in [0.2, 0.25) is 5.91 Å². The molecule has 0 aliphatic rings. The molecule has 6 heteroatoms. The molecule has 0 radical (unpaired) electrons. The fourth-order valence-corrected chi connectivity index (χ4v) is 2.30. The Kier molecular flexibility index (Phi) is 12.4. The van der Waals surface area contributed by atoms with E-state index in [4.69, 9.17) is 4.74 Å². The highest BCUT2D eigenvalue weighted by atomic mass is 16.5. The van der Waals surface area contributed by atoms with Crippen LogP contribution in [0, 0.1) is 11.8 Å². The minimum absolute atomic E-state index is 0.0379. The predicted molar refractivity (Wildman–Crippen MR) is 99.2 cm³/mol. The van der Waals surface area contributed by atoms with Gasteiger partial charge < -0.3 is 15.4 Å². The lowest BCUT2D eigenvalue weighted by Crippen LogP contribution is -2.41. The van der Waals surface area contributed by atoms with E-state index in [0.717, 1.165) is 19.3 Å². The third-order valence-electron chi connectivity index (χ3n) is 4.18. The molecule has 0 saturated carbocycles. The van der Waals surface area contributed by atoms with Crippen molar-refractivity contribution in [3.63, 3.8) is 0 Å². The highest BCUT2D eigenvalue weighted by Gasteiger charge is 2.23. The topological polar surface area (TPSA) is 84.5 Å². The zero-order valence-electron chi connectivity index (χ0n) is 16.3. The Labute approximate surface area is 151 Å². The summed E-state index contributed by atoms with van der Waals surface area (Å²) in [6, 6.07) is -0.476. The van der Waals surface area contributed by atoms with Gasteiger partial charge in [0, 0.05) is 12.5 Å². The van der Waals surface area contributed by atoms with Crippen LogP contribution in [0.4, 0.5) is 4.79 Å². The monoisotopic (exact) mass is 354 g/mol. The second-order valence-corrected chi connectivity index (χ2v) is 6.38. The Morgan fingerprint density at radius 1 is 1.16 bits per heavy atom. The molecule has 0 aromatic carbocycles. The number of rotatable bonds is 12. The van der Waals surface area contributed by atoms with Crippen LogP contribution < -0.4 is 10.6 Å². The summed E-state index contributed by atoms with van der Waals surface area (Å²) in [6.07, 6.45) is 6.88. The van der Waals surface area contributed by atoms with Gasteiger partial charge in [-0.05, 0) is 46.0 Å². The van der Waals surface area contributed by atoms with Crippen molar-refractivity contribution in [3.8, 4) is 0 Å². The largest absolute Gasteiger partial charge is 0.450 e. The van der Waals surface area contributed by atoms with Crippen molar-refractivity contribution in [1.29, 1.82) is 0 Å². The van der Waals surface area contributed by atoms with Crippen molar-refractivity contribution in [3.05, 3.63) is 12.2 Å². The number of unbranched alkanes of at least 4 members (excludes halogenated alkanes) is 1. The molecule has 144 valence electrons. The molecule has 0 aromatic heterocycles. The maximum absolute atomic E-state index is 12.3. The maximum atomic E-state index is 12.3. The lowest BCUT2D eigenvalue weighted by molar-refractivity contribution is -0.129. The molecule has 2 N–H and O–H groups in total. The number of Topliss-reactive ketones (excluding diaryl/α,β-unsaturated/α-hetero) is 1. The maximum Gasteiger partial charge on any atom is 0.407 e. The van der Waals surface area contributed by atoms with E-state index in [1.165, 1.54) is 6.92 Å². The summed E-state index contributed by atoms with van der Waals surface area (Å²) >= 11 is 0. The molecule has 25 heavy (non-hydrogen) atoms. The molecular weight excluding hydrogens is 320 g/mol. The Morgan fingerprint density at radius 2 is 1.84 bits per heavy atom. The summed E-state index contributed by atoms with van der Waals surface area (Å²) in [5, 5.41) is 5.44. The number of carbonyl (C=O) groups excluding carboxylic acids is 3. The van der Waals surface area contributed by atoms with Crippen molar-refractivity contribution in [2.75, 3.05) is 13.2 Å². The first-order chi connectivity index (χ1) is 11.8. The van der Waals surface area contributed by atoms with Gasteiger partial charge in [-0.3, -0.25) is 9.59 Å². The molecule has 0 saturated heterocycles. The van der Waals surface area contributed by atoms with Crippen LogP contribution in [0.5, 0.6) is 0 Å². The number of amides is 2. The van der Waals surface area contributed by atoms with E-state index < -0.39 is 12.1 Å². The first-order valence-electron chi connectivity index (χ1n) is 9.17. The standard InChI is InChI=1S/C19H34N2O4/c1-6-8-12-20-19(24)25-13-9-11-17(10-7-2)14(3)18(23)21-15(4)16(5)22/h7,10,14-15,17H,6,8-9,11-13H2,1-5H3,(H,20,24)(H,21,23)/b10-7+/t14-,15+,17+/m1/s1. The van der Waals surface area contributed by atoms with Crippen LogP contribution in [-0.2, 0) is 14.3 Å². The molecular formula is C19H34N2O4. The van der Waals surface area contributed by atoms with Crippen LogP contribution in [-0.4, -0.2) is 37.0 Å².